The summed E-state index contributed by atoms with van der Waals surface area (Å²) in [5, 5.41) is 2.17. The Labute approximate surface area is 167 Å². The highest BCUT2D eigenvalue weighted by Crippen LogP contribution is 2.34. The van der Waals surface area contributed by atoms with Crippen LogP contribution in [0.5, 0.6) is 5.75 Å². The van der Waals surface area contributed by atoms with Crippen molar-refractivity contribution < 1.29 is 13.9 Å². The van der Waals surface area contributed by atoms with Crippen LogP contribution in [0.2, 0.25) is 0 Å². The number of carbonyl (C=O) groups excluding carboxylic acids is 1. The Kier molecular flexibility index (Phi) is 6.14. The maximum Gasteiger partial charge on any atom is 0.185 e. The minimum Gasteiger partial charge on any atom is -0.492 e. The van der Waals surface area contributed by atoms with Gasteiger partial charge in [0, 0.05) is 12.0 Å². The van der Waals surface area contributed by atoms with E-state index in [0.717, 1.165) is 6.42 Å². The zero-order valence-electron chi connectivity index (χ0n) is 15.8. The third-order valence-electron chi connectivity index (χ3n) is 4.36. The van der Waals surface area contributed by atoms with Crippen molar-refractivity contribution in [3.63, 3.8) is 0 Å². The molecule has 3 rings (SSSR count). The number of ether oxygens (including phenoxy) is 1. The van der Waals surface area contributed by atoms with Gasteiger partial charge in [-0.15, -0.1) is 0 Å². The molecule has 0 bridgehead atoms. The second-order valence-corrected chi connectivity index (χ2v) is 7.59. The smallest absolute Gasteiger partial charge is 0.185 e. The highest BCUT2D eigenvalue weighted by molar-refractivity contribution is 8.16. The SMILES string of the molecule is CCCOc1ccc(C(=O)Cc2ccc(F)c([C@]3(C)C=CSC(N)=N3)c2)nc1. The number of carbonyl (C=O) groups is 1. The number of thioether (sulfide) groups is 1. The molecule has 1 aliphatic heterocycles. The monoisotopic (exact) mass is 399 g/mol. The van der Waals surface area contributed by atoms with E-state index in [-0.39, 0.29) is 18.0 Å². The van der Waals surface area contributed by atoms with Gasteiger partial charge in [0.15, 0.2) is 11.0 Å². The third-order valence-corrected chi connectivity index (χ3v) is 4.96. The van der Waals surface area contributed by atoms with E-state index in [1.165, 1.54) is 17.8 Å². The first-order chi connectivity index (χ1) is 13.4. The summed E-state index contributed by atoms with van der Waals surface area (Å²) in [7, 11) is 0. The highest BCUT2D eigenvalue weighted by Gasteiger charge is 2.29. The van der Waals surface area contributed by atoms with Gasteiger partial charge in [-0.05, 0) is 54.7 Å². The molecule has 0 unspecified atom stereocenters. The lowest BCUT2D eigenvalue weighted by Gasteiger charge is -2.26. The molecule has 1 aromatic carbocycles. The number of ketones is 1. The molecule has 0 saturated heterocycles. The van der Waals surface area contributed by atoms with Crippen LogP contribution in [0.4, 0.5) is 4.39 Å². The van der Waals surface area contributed by atoms with Gasteiger partial charge in [0.2, 0.25) is 0 Å². The van der Waals surface area contributed by atoms with E-state index in [0.29, 0.717) is 34.3 Å². The topological polar surface area (TPSA) is 77.6 Å². The van der Waals surface area contributed by atoms with Gasteiger partial charge in [-0.25, -0.2) is 14.4 Å². The minimum atomic E-state index is -0.894. The second-order valence-electron chi connectivity index (χ2n) is 6.66. The highest BCUT2D eigenvalue weighted by atomic mass is 32.2. The van der Waals surface area contributed by atoms with Crippen molar-refractivity contribution in [3.05, 3.63) is 70.7 Å². The van der Waals surface area contributed by atoms with Crippen LogP contribution in [-0.4, -0.2) is 22.5 Å². The zero-order chi connectivity index (χ0) is 20.1. The standard InChI is InChI=1S/C21H22FN3O2S/c1-3-9-27-15-5-7-18(24-13-15)19(26)12-14-4-6-17(22)16(11-14)21(2)8-10-28-20(23)25-21/h4-8,10-11,13H,3,9,12H2,1-2H3,(H2,23,25)/t21-/m0/s1. The molecule has 5 nitrogen and oxygen atoms in total. The molecule has 28 heavy (non-hydrogen) atoms. The van der Waals surface area contributed by atoms with Crippen LogP contribution in [0, 0.1) is 5.82 Å². The van der Waals surface area contributed by atoms with Crippen molar-refractivity contribution in [1.82, 2.24) is 4.98 Å². The Morgan fingerprint density at radius 2 is 2.14 bits per heavy atom. The van der Waals surface area contributed by atoms with Crippen LogP contribution >= 0.6 is 11.8 Å². The van der Waals surface area contributed by atoms with Crippen molar-refractivity contribution in [2.24, 2.45) is 10.7 Å². The van der Waals surface area contributed by atoms with E-state index in [4.69, 9.17) is 10.5 Å². The fourth-order valence-corrected chi connectivity index (χ4v) is 3.59. The van der Waals surface area contributed by atoms with E-state index in [9.17, 15) is 9.18 Å². The van der Waals surface area contributed by atoms with Crippen molar-refractivity contribution in [2.45, 2.75) is 32.2 Å². The molecule has 146 valence electrons. The van der Waals surface area contributed by atoms with Gasteiger partial charge in [-0.2, -0.15) is 0 Å². The number of nitrogens with two attached hydrogens (primary N) is 1. The number of Topliss-reactive ketones (excluding diaryl/α,β-unsaturated/α-hetero) is 1. The molecule has 2 heterocycles. The van der Waals surface area contributed by atoms with Gasteiger partial charge < -0.3 is 10.5 Å². The Morgan fingerprint density at radius 3 is 2.82 bits per heavy atom. The number of rotatable bonds is 7. The van der Waals surface area contributed by atoms with E-state index >= 15 is 0 Å². The molecule has 0 spiro atoms. The predicted octanol–water partition coefficient (Wildman–Crippen LogP) is 4.23. The van der Waals surface area contributed by atoms with Gasteiger partial charge in [0.25, 0.3) is 0 Å². The summed E-state index contributed by atoms with van der Waals surface area (Å²) >= 11 is 1.29. The van der Waals surface area contributed by atoms with E-state index in [1.807, 2.05) is 6.92 Å². The summed E-state index contributed by atoms with van der Waals surface area (Å²) in [5.74, 6) is 0.0951. The van der Waals surface area contributed by atoms with Crippen LogP contribution in [0.3, 0.4) is 0 Å². The Balaban J connectivity index is 1.79. The average Bonchev–Trinajstić information content (AvgIpc) is 2.68. The van der Waals surface area contributed by atoms with Crippen molar-refractivity contribution >= 4 is 22.7 Å². The predicted molar refractivity (Wildman–Crippen MR) is 110 cm³/mol. The molecule has 0 aliphatic carbocycles. The summed E-state index contributed by atoms with van der Waals surface area (Å²) in [6, 6.07) is 8.01. The number of amidine groups is 1. The summed E-state index contributed by atoms with van der Waals surface area (Å²) in [4.78, 5) is 21.1. The van der Waals surface area contributed by atoms with Crippen LogP contribution in [0.25, 0.3) is 0 Å². The lowest BCUT2D eigenvalue weighted by atomic mass is 9.90. The molecule has 7 heteroatoms. The average molecular weight is 399 g/mol. The number of benzene rings is 1. The molecule has 1 atom stereocenters. The normalized spacial score (nSPS) is 18.6. The number of hydrogen-bond donors (Lipinski definition) is 1. The lowest BCUT2D eigenvalue weighted by molar-refractivity contribution is 0.0988. The third kappa shape index (κ3) is 4.59. The molecule has 0 radical (unpaired) electrons. The molecular weight excluding hydrogens is 377 g/mol. The fraction of sp³-hybridized carbons (Fsp3) is 0.286. The van der Waals surface area contributed by atoms with Gasteiger partial charge >= 0.3 is 0 Å². The molecular formula is C21H22FN3O2S. The molecule has 0 amide bonds. The number of hydrogen-bond acceptors (Lipinski definition) is 6. The summed E-state index contributed by atoms with van der Waals surface area (Å²) < 4.78 is 19.9. The maximum atomic E-state index is 14.5. The Hall–Kier alpha value is -2.67. The van der Waals surface area contributed by atoms with E-state index in [1.54, 1.807) is 48.9 Å². The molecule has 2 N–H and O–H groups in total. The van der Waals surface area contributed by atoms with Crippen LogP contribution in [0.1, 0.15) is 41.9 Å². The molecule has 1 aromatic heterocycles. The molecule has 0 saturated carbocycles. The fourth-order valence-electron chi connectivity index (χ4n) is 2.88. The molecule has 2 aromatic rings. The van der Waals surface area contributed by atoms with Gasteiger partial charge in [0.05, 0.1) is 12.8 Å². The first kappa shape index (κ1) is 20.1. The molecule has 0 fully saturated rings. The number of halogens is 1. The van der Waals surface area contributed by atoms with Crippen LogP contribution in [-0.2, 0) is 12.0 Å². The van der Waals surface area contributed by atoms with Gasteiger partial charge in [-0.1, -0.05) is 24.8 Å². The van der Waals surface area contributed by atoms with Crippen molar-refractivity contribution in [3.8, 4) is 5.75 Å². The number of aromatic nitrogens is 1. The largest absolute Gasteiger partial charge is 0.492 e. The van der Waals surface area contributed by atoms with Crippen LogP contribution in [0.15, 0.2) is 53.0 Å². The number of nitrogens with zero attached hydrogens (tertiary/aromatic N) is 2. The first-order valence-electron chi connectivity index (χ1n) is 9.02. The summed E-state index contributed by atoms with van der Waals surface area (Å²) in [6.07, 6.45) is 4.36. The Morgan fingerprint density at radius 1 is 1.32 bits per heavy atom. The summed E-state index contributed by atoms with van der Waals surface area (Å²) in [6.45, 7) is 4.41. The second kappa shape index (κ2) is 8.56. The van der Waals surface area contributed by atoms with Crippen molar-refractivity contribution in [2.75, 3.05) is 6.61 Å². The quantitative estimate of drug-likeness (QED) is 0.705. The number of aliphatic imine (C=N–C) groups is 1. The van der Waals surface area contributed by atoms with E-state index < -0.39 is 5.54 Å². The number of pyridine rings is 1. The molecule has 1 aliphatic rings. The summed E-state index contributed by atoms with van der Waals surface area (Å²) in [5.41, 5.74) is 6.33. The lowest BCUT2D eigenvalue weighted by Crippen LogP contribution is -2.25. The van der Waals surface area contributed by atoms with Crippen LogP contribution < -0.4 is 10.5 Å². The zero-order valence-corrected chi connectivity index (χ0v) is 16.6. The van der Waals surface area contributed by atoms with Gasteiger partial charge in [0.1, 0.15) is 22.8 Å². The Bertz CT molecular complexity index is 928. The first-order valence-corrected chi connectivity index (χ1v) is 9.90. The minimum absolute atomic E-state index is 0.114. The van der Waals surface area contributed by atoms with Gasteiger partial charge in [-0.3, -0.25) is 4.79 Å². The van der Waals surface area contributed by atoms with E-state index in [2.05, 4.69) is 9.98 Å². The van der Waals surface area contributed by atoms with Crippen molar-refractivity contribution in [1.29, 1.82) is 0 Å². The maximum absolute atomic E-state index is 14.5.